The molecule has 1 amide bonds. The maximum atomic E-state index is 12.4. The molecular weight excluding hydrogens is 234 g/mol. The number of fused-ring (bicyclic) bond motifs is 1. The van der Waals surface area contributed by atoms with Gasteiger partial charge in [0.1, 0.15) is 10.7 Å². The van der Waals surface area contributed by atoms with E-state index in [1.165, 1.54) is 4.88 Å². The quantitative estimate of drug-likeness (QED) is 0.795. The lowest BCUT2D eigenvalue weighted by molar-refractivity contribution is 0.0624. The minimum atomic E-state index is -0.208. The van der Waals surface area contributed by atoms with E-state index in [1.54, 1.807) is 11.3 Å². The van der Waals surface area contributed by atoms with Crippen molar-refractivity contribution in [3.8, 4) is 0 Å². The average molecular weight is 251 g/mol. The second-order valence-electron chi connectivity index (χ2n) is 4.76. The lowest BCUT2D eigenvalue weighted by Gasteiger charge is -2.42. The zero-order valence-electron chi connectivity index (χ0n) is 10.2. The predicted octanol–water partition coefficient (Wildman–Crippen LogP) is 1.50. The number of carbonyl (C=O) groups excluding carboxylic acids is 1. The molecule has 1 atom stereocenters. The number of nitrogens with zero attached hydrogens (tertiary/aromatic N) is 1. The molecule has 92 valence electrons. The summed E-state index contributed by atoms with van der Waals surface area (Å²) < 4.78 is 0. The minimum Gasteiger partial charge on any atom is -0.353 e. The first-order chi connectivity index (χ1) is 8.16. The van der Waals surface area contributed by atoms with Crippen molar-refractivity contribution in [3.63, 3.8) is 0 Å². The molecule has 1 fully saturated rings. The Hall–Kier alpha value is -1.07. The van der Waals surface area contributed by atoms with E-state index in [1.807, 2.05) is 18.0 Å². The van der Waals surface area contributed by atoms with Gasteiger partial charge in [-0.05, 0) is 19.0 Å². The van der Waals surface area contributed by atoms with Crippen molar-refractivity contribution in [2.75, 3.05) is 25.5 Å². The Morgan fingerprint density at radius 3 is 3.06 bits per heavy atom. The number of rotatable bonds is 1. The van der Waals surface area contributed by atoms with Crippen LogP contribution in [0.15, 0.2) is 6.07 Å². The number of carbonyl (C=O) groups is 1. The van der Waals surface area contributed by atoms with Gasteiger partial charge >= 0.3 is 0 Å². The van der Waals surface area contributed by atoms with E-state index in [4.69, 9.17) is 0 Å². The molecule has 1 aromatic heterocycles. The van der Waals surface area contributed by atoms with Crippen LogP contribution in [0.3, 0.4) is 0 Å². The van der Waals surface area contributed by atoms with Crippen LogP contribution in [0.25, 0.3) is 0 Å². The number of hydrogen-bond donors (Lipinski definition) is 2. The summed E-state index contributed by atoms with van der Waals surface area (Å²) in [4.78, 5) is 15.5. The summed E-state index contributed by atoms with van der Waals surface area (Å²) in [6.45, 7) is 3.92. The molecule has 1 spiro atoms. The van der Waals surface area contributed by atoms with Crippen molar-refractivity contribution in [1.82, 2.24) is 10.2 Å². The number of nitrogens with one attached hydrogen (secondary N) is 2. The fourth-order valence-corrected chi connectivity index (χ4v) is 3.69. The molecule has 0 aliphatic carbocycles. The summed E-state index contributed by atoms with van der Waals surface area (Å²) in [6.07, 6.45) is 1.95. The summed E-state index contributed by atoms with van der Waals surface area (Å²) in [5, 5.41) is 7.95. The third kappa shape index (κ3) is 1.49. The van der Waals surface area contributed by atoms with Crippen molar-refractivity contribution in [3.05, 3.63) is 16.5 Å². The highest BCUT2D eigenvalue weighted by atomic mass is 32.1. The Bertz CT molecular complexity index is 462. The van der Waals surface area contributed by atoms with Crippen LogP contribution in [-0.2, 0) is 6.42 Å². The molecule has 17 heavy (non-hydrogen) atoms. The van der Waals surface area contributed by atoms with E-state index in [2.05, 4.69) is 17.6 Å². The third-order valence-electron chi connectivity index (χ3n) is 3.79. The SMILES string of the molecule is CCc1cc2c(s1)NC1(CCNC1)N(C)C2=O. The number of likely N-dealkylation sites (N-methyl/N-ethyl adjacent to an activating group) is 1. The van der Waals surface area contributed by atoms with Crippen LogP contribution < -0.4 is 10.6 Å². The fourth-order valence-electron chi connectivity index (χ4n) is 2.61. The van der Waals surface area contributed by atoms with Crippen LogP contribution in [0, 0.1) is 0 Å². The normalized spacial score (nSPS) is 27.4. The molecule has 0 bridgehead atoms. The summed E-state index contributed by atoms with van der Waals surface area (Å²) in [5.41, 5.74) is 0.631. The largest absolute Gasteiger partial charge is 0.353 e. The zero-order chi connectivity index (χ0) is 12.0. The molecule has 3 rings (SSSR count). The van der Waals surface area contributed by atoms with Crippen LogP contribution in [0.4, 0.5) is 5.00 Å². The molecule has 0 aromatic carbocycles. The van der Waals surface area contributed by atoms with Gasteiger partial charge in [-0.2, -0.15) is 0 Å². The second kappa shape index (κ2) is 3.71. The lowest BCUT2D eigenvalue weighted by Crippen LogP contribution is -2.59. The Kier molecular flexibility index (Phi) is 2.41. The Morgan fingerprint density at radius 1 is 1.59 bits per heavy atom. The van der Waals surface area contributed by atoms with Crippen molar-refractivity contribution < 1.29 is 4.79 Å². The number of amides is 1. The number of anilines is 1. The first-order valence-corrected chi connectivity index (χ1v) is 6.88. The number of thiophene rings is 1. The highest BCUT2D eigenvalue weighted by molar-refractivity contribution is 7.16. The molecule has 4 nitrogen and oxygen atoms in total. The fraction of sp³-hybridized carbons (Fsp3) is 0.583. The summed E-state index contributed by atoms with van der Waals surface area (Å²) in [6, 6.07) is 2.03. The second-order valence-corrected chi connectivity index (χ2v) is 5.89. The molecular formula is C12H17N3OS. The van der Waals surface area contributed by atoms with Gasteiger partial charge in [0.25, 0.3) is 5.91 Å². The zero-order valence-corrected chi connectivity index (χ0v) is 11.0. The monoisotopic (exact) mass is 251 g/mol. The van der Waals surface area contributed by atoms with Crippen LogP contribution in [0.2, 0.25) is 0 Å². The van der Waals surface area contributed by atoms with Gasteiger partial charge in [0.05, 0.1) is 5.56 Å². The highest BCUT2D eigenvalue weighted by Gasteiger charge is 2.45. The smallest absolute Gasteiger partial charge is 0.258 e. The van der Waals surface area contributed by atoms with E-state index in [0.29, 0.717) is 0 Å². The van der Waals surface area contributed by atoms with Crippen molar-refractivity contribution >= 4 is 22.2 Å². The van der Waals surface area contributed by atoms with Crippen LogP contribution in [0.1, 0.15) is 28.6 Å². The first-order valence-electron chi connectivity index (χ1n) is 6.06. The number of aryl methyl sites for hydroxylation is 1. The molecule has 2 N–H and O–H groups in total. The summed E-state index contributed by atoms with van der Waals surface area (Å²) >= 11 is 1.72. The Labute approximate surface area is 105 Å². The average Bonchev–Trinajstić information content (AvgIpc) is 2.94. The molecule has 0 saturated carbocycles. The van der Waals surface area contributed by atoms with Gasteiger partial charge in [0.15, 0.2) is 0 Å². The van der Waals surface area contributed by atoms with Gasteiger partial charge in [0, 0.05) is 24.9 Å². The first kappa shape index (κ1) is 11.0. The summed E-state index contributed by atoms with van der Waals surface area (Å²) in [7, 11) is 1.90. The van der Waals surface area contributed by atoms with Gasteiger partial charge in [-0.3, -0.25) is 4.79 Å². The predicted molar refractivity (Wildman–Crippen MR) is 69.6 cm³/mol. The van der Waals surface area contributed by atoms with E-state index >= 15 is 0 Å². The number of hydrogen-bond acceptors (Lipinski definition) is 4. The van der Waals surface area contributed by atoms with Gasteiger partial charge in [-0.25, -0.2) is 0 Å². The van der Waals surface area contributed by atoms with Crippen molar-refractivity contribution in [2.24, 2.45) is 0 Å². The highest BCUT2D eigenvalue weighted by Crippen LogP contribution is 2.39. The van der Waals surface area contributed by atoms with E-state index in [-0.39, 0.29) is 11.6 Å². The summed E-state index contributed by atoms with van der Waals surface area (Å²) in [5.74, 6) is 0.151. The molecule has 0 radical (unpaired) electrons. The van der Waals surface area contributed by atoms with Crippen molar-refractivity contribution in [1.29, 1.82) is 0 Å². The molecule has 5 heteroatoms. The van der Waals surface area contributed by atoms with E-state index in [9.17, 15) is 4.79 Å². The minimum absolute atomic E-state index is 0.151. The molecule has 1 aromatic rings. The maximum absolute atomic E-state index is 12.4. The molecule has 1 saturated heterocycles. The lowest BCUT2D eigenvalue weighted by atomic mass is 10.0. The molecule has 3 heterocycles. The van der Waals surface area contributed by atoms with Gasteiger partial charge in [0.2, 0.25) is 0 Å². The van der Waals surface area contributed by atoms with Crippen LogP contribution >= 0.6 is 11.3 Å². The van der Waals surface area contributed by atoms with Gasteiger partial charge in [-0.1, -0.05) is 6.92 Å². The maximum Gasteiger partial charge on any atom is 0.258 e. The van der Waals surface area contributed by atoms with E-state index < -0.39 is 0 Å². The Balaban J connectivity index is 2.04. The third-order valence-corrected chi connectivity index (χ3v) is 4.98. The standard InChI is InChI=1S/C12H17N3OS/c1-3-8-6-9-10(17-8)14-12(4-5-13-7-12)15(2)11(9)16/h6,13-14H,3-5,7H2,1-2H3. The van der Waals surface area contributed by atoms with Crippen LogP contribution in [-0.4, -0.2) is 36.6 Å². The Morgan fingerprint density at radius 2 is 2.41 bits per heavy atom. The van der Waals surface area contributed by atoms with Gasteiger partial charge in [-0.15, -0.1) is 11.3 Å². The van der Waals surface area contributed by atoms with Gasteiger partial charge < -0.3 is 15.5 Å². The molecule has 2 aliphatic heterocycles. The molecule has 2 aliphatic rings. The van der Waals surface area contributed by atoms with Crippen molar-refractivity contribution in [2.45, 2.75) is 25.4 Å². The van der Waals surface area contributed by atoms with E-state index in [0.717, 1.165) is 36.5 Å². The van der Waals surface area contributed by atoms with Crippen LogP contribution in [0.5, 0.6) is 0 Å². The molecule has 1 unspecified atom stereocenters. The topological polar surface area (TPSA) is 44.4 Å².